The zero-order chi connectivity index (χ0) is 12.5. The van der Waals surface area contributed by atoms with Crippen LogP contribution in [0.2, 0.25) is 0 Å². The van der Waals surface area contributed by atoms with E-state index in [0.29, 0.717) is 0 Å². The van der Waals surface area contributed by atoms with Crippen LogP contribution < -0.4 is 0 Å². The highest BCUT2D eigenvalue weighted by atomic mass is 32.2. The van der Waals surface area contributed by atoms with Gasteiger partial charge < -0.3 is 0 Å². The van der Waals surface area contributed by atoms with Gasteiger partial charge in [0.15, 0.2) is 6.29 Å². The Labute approximate surface area is 110 Å². The monoisotopic (exact) mass is 252 g/mol. The Morgan fingerprint density at radius 2 is 1.67 bits per heavy atom. The molecule has 3 rings (SSSR count). The van der Waals surface area contributed by atoms with E-state index >= 15 is 0 Å². The van der Waals surface area contributed by atoms with E-state index in [9.17, 15) is 4.79 Å². The molecule has 1 nitrogen and oxygen atoms in total. The van der Waals surface area contributed by atoms with Crippen LogP contribution in [0.15, 0.2) is 53.4 Å². The highest BCUT2D eigenvalue weighted by Crippen LogP contribution is 2.32. The number of thioether (sulfide) groups is 1. The maximum Gasteiger partial charge on any atom is 0.151 e. The van der Waals surface area contributed by atoms with Gasteiger partial charge in [0.1, 0.15) is 0 Å². The third-order valence-electron chi connectivity index (χ3n) is 3.20. The van der Waals surface area contributed by atoms with E-state index in [1.165, 1.54) is 16.2 Å². The lowest BCUT2D eigenvalue weighted by molar-refractivity contribution is 0.112. The van der Waals surface area contributed by atoms with Crippen LogP contribution >= 0.6 is 11.8 Å². The van der Waals surface area contributed by atoms with E-state index in [-0.39, 0.29) is 0 Å². The molecule has 0 N–H and O–H groups in total. The molecule has 0 fully saturated rings. The van der Waals surface area contributed by atoms with Crippen LogP contribution in [0.3, 0.4) is 0 Å². The van der Waals surface area contributed by atoms with E-state index in [1.54, 1.807) is 11.8 Å². The van der Waals surface area contributed by atoms with Crippen molar-refractivity contribution in [3.8, 4) is 0 Å². The molecule has 0 radical (unpaired) electrons. The topological polar surface area (TPSA) is 17.1 Å². The maximum atomic E-state index is 11.1. The highest BCUT2D eigenvalue weighted by Gasteiger charge is 2.07. The number of carbonyl (C=O) groups excluding carboxylic acids is 1. The number of hydrogen-bond donors (Lipinski definition) is 0. The molecule has 0 heterocycles. The molecule has 0 bridgehead atoms. The van der Waals surface area contributed by atoms with Crippen molar-refractivity contribution in [3.63, 3.8) is 0 Å². The number of benzene rings is 3. The molecule has 0 aliphatic heterocycles. The molecule has 0 atom stereocenters. The van der Waals surface area contributed by atoms with Crippen molar-refractivity contribution < 1.29 is 4.79 Å². The lowest BCUT2D eigenvalue weighted by atomic mass is 10.0. The molecule has 0 saturated carbocycles. The molecular weight excluding hydrogens is 240 g/mol. The molecule has 0 spiro atoms. The minimum atomic E-state index is 0.769. The Kier molecular flexibility index (Phi) is 2.80. The molecule has 0 amide bonds. The summed E-state index contributed by atoms with van der Waals surface area (Å²) in [6.07, 6.45) is 2.94. The molecule has 3 aromatic carbocycles. The second kappa shape index (κ2) is 4.46. The van der Waals surface area contributed by atoms with E-state index in [2.05, 4.69) is 24.3 Å². The normalized spacial score (nSPS) is 10.9. The Morgan fingerprint density at radius 1 is 0.944 bits per heavy atom. The number of hydrogen-bond acceptors (Lipinski definition) is 2. The quantitative estimate of drug-likeness (QED) is 0.379. The minimum Gasteiger partial charge on any atom is -0.298 e. The van der Waals surface area contributed by atoms with Crippen molar-refractivity contribution in [2.45, 2.75) is 4.90 Å². The highest BCUT2D eigenvalue weighted by molar-refractivity contribution is 7.98. The van der Waals surface area contributed by atoms with Gasteiger partial charge in [-0.1, -0.05) is 30.3 Å². The van der Waals surface area contributed by atoms with Gasteiger partial charge in [0.2, 0.25) is 0 Å². The minimum absolute atomic E-state index is 0.769. The van der Waals surface area contributed by atoms with Crippen LogP contribution in [0.25, 0.3) is 21.5 Å². The smallest absolute Gasteiger partial charge is 0.151 e. The number of carbonyl (C=O) groups is 1. The van der Waals surface area contributed by atoms with Gasteiger partial charge >= 0.3 is 0 Å². The van der Waals surface area contributed by atoms with Gasteiger partial charge in [0, 0.05) is 10.5 Å². The third kappa shape index (κ3) is 1.70. The fourth-order valence-corrected chi connectivity index (χ4v) is 3.07. The van der Waals surface area contributed by atoms with E-state index < -0.39 is 0 Å². The van der Waals surface area contributed by atoms with Gasteiger partial charge in [0.05, 0.1) is 0 Å². The zero-order valence-electron chi connectivity index (χ0n) is 10.0. The average Bonchev–Trinajstić information content (AvgIpc) is 2.43. The summed E-state index contributed by atoms with van der Waals surface area (Å²) < 4.78 is 0. The lowest BCUT2D eigenvalue weighted by Crippen LogP contribution is -1.87. The van der Waals surface area contributed by atoms with Crippen LogP contribution in [0.5, 0.6) is 0 Å². The van der Waals surface area contributed by atoms with Crippen molar-refractivity contribution >= 4 is 39.6 Å². The Hall–Kier alpha value is -1.80. The SMILES string of the molecule is CSc1c(C=O)ccc2cc3ccccc3cc12. The van der Waals surface area contributed by atoms with Gasteiger partial charge in [0.25, 0.3) is 0 Å². The van der Waals surface area contributed by atoms with Gasteiger partial charge in [-0.3, -0.25) is 4.79 Å². The second-order valence-electron chi connectivity index (χ2n) is 4.23. The van der Waals surface area contributed by atoms with Crippen LogP contribution in [0.1, 0.15) is 10.4 Å². The largest absolute Gasteiger partial charge is 0.298 e. The summed E-state index contributed by atoms with van der Waals surface area (Å²) in [5, 5.41) is 4.79. The lowest BCUT2D eigenvalue weighted by Gasteiger charge is -2.08. The van der Waals surface area contributed by atoms with Crippen molar-refractivity contribution in [1.29, 1.82) is 0 Å². The maximum absolute atomic E-state index is 11.1. The Bertz CT molecular complexity index is 747. The number of rotatable bonds is 2. The zero-order valence-corrected chi connectivity index (χ0v) is 10.8. The summed E-state index contributed by atoms with van der Waals surface area (Å²) >= 11 is 1.63. The van der Waals surface area contributed by atoms with Gasteiger partial charge in [-0.25, -0.2) is 0 Å². The molecule has 0 saturated heterocycles. The molecule has 18 heavy (non-hydrogen) atoms. The van der Waals surface area contributed by atoms with Crippen LogP contribution in [0.4, 0.5) is 0 Å². The van der Waals surface area contributed by atoms with Crippen molar-refractivity contribution in [2.24, 2.45) is 0 Å². The first kappa shape index (κ1) is 11.3. The molecule has 0 aliphatic rings. The van der Waals surface area contributed by atoms with E-state index in [4.69, 9.17) is 0 Å². The molecule has 0 unspecified atom stereocenters. The summed E-state index contributed by atoms with van der Waals surface area (Å²) in [5.41, 5.74) is 0.769. The van der Waals surface area contributed by atoms with Crippen LogP contribution in [-0.2, 0) is 0 Å². The standard InChI is InChI=1S/C16H12OS/c1-18-16-14(10-17)7-6-13-8-11-4-2-3-5-12(11)9-15(13)16/h2-10H,1H3. The van der Waals surface area contributed by atoms with E-state index in [1.807, 2.05) is 30.5 Å². The summed E-state index contributed by atoms with van der Waals surface area (Å²) in [6.45, 7) is 0. The fraction of sp³-hybridized carbons (Fsp3) is 0.0625. The first-order valence-electron chi connectivity index (χ1n) is 5.78. The third-order valence-corrected chi connectivity index (χ3v) is 4.06. The molecule has 2 heteroatoms. The molecule has 0 aromatic heterocycles. The molecule has 88 valence electrons. The van der Waals surface area contributed by atoms with Crippen molar-refractivity contribution in [1.82, 2.24) is 0 Å². The summed E-state index contributed by atoms with van der Waals surface area (Å²) in [6, 6.07) is 16.6. The van der Waals surface area contributed by atoms with Crippen LogP contribution in [-0.4, -0.2) is 12.5 Å². The Morgan fingerprint density at radius 3 is 2.33 bits per heavy atom. The number of aldehydes is 1. The van der Waals surface area contributed by atoms with Crippen LogP contribution in [0, 0.1) is 0 Å². The van der Waals surface area contributed by atoms with Crippen molar-refractivity contribution in [3.05, 3.63) is 54.1 Å². The predicted molar refractivity (Wildman–Crippen MR) is 78.6 cm³/mol. The summed E-state index contributed by atoms with van der Waals surface area (Å²) in [5.74, 6) is 0. The van der Waals surface area contributed by atoms with E-state index in [0.717, 1.165) is 22.1 Å². The summed E-state index contributed by atoms with van der Waals surface area (Å²) in [7, 11) is 0. The summed E-state index contributed by atoms with van der Waals surface area (Å²) in [4.78, 5) is 12.1. The second-order valence-corrected chi connectivity index (χ2v) is 5.04. The number of fused-ring (bicyclic) bond motifs is 2. The Balaban J connectivity index is 2.46. The predicted octanol–water partition coefficient (Wildman–Crippen LogP) is 4.53. The van der Waals surface area contributed by atoms with Gasteiger partial charge in [-0.05, 0) is 46.0 Å². The van der Waals surface area contributed by atoms with Crippen molar-refractivity contribution in [2.75, 3.05) is 6.26 Å². The fourth-order valence-electron chi connectivity index (χ4n) is 2.32. The molecular formula is C16H12OS. The molecule has 0 aliphatic carbocycles. The average molecular weight is 252 g/mol. The first-order valence-corrected chi connectivity index (χ1v) is 7.00. The van der Waals surface area contributed by atoms with Gasteiger partial charge in [-0.15, -0.1) is 11.8 Å². The first-order chi connectivity index (χ1) is 8.83. The van der Waals surface area contributed by atoms with Gasteiger partial charge in [-0.2, -0.15) is 0 Å². The molecule has 3 aromatic rings.